The van der Waals surface area contributed by atoms with Crippen molar-refractivity contribution in [3.05, 3.63) is 82.9 Å². The Labute approximate surface area is 274 Å². The molecule has 0 saturated heterocycles. The molecule has 3 aromatic carbocycles. The molecule has 0 aromatic heterocycles. The first-order valence-electron chi connectivity index (χ1n) is 16.6. The van der Waals surface area contributed by atoms with E-state index >= 15 is 13.2 Å². The summed E-state index contributed by atoms with van der Waals surface area (Å²) in [5, 5.41) is 0. The fourth-order valence-electron chi connectivity index (χ4n) is 7.30. The Bertz CT molecular complexity index is 1520. The highest BCUT2D eigenvalue weighted by Gasteiger charge is 2.44. The van der Waals surface area contributed by atoms with Crippen LogP contribution in [0.2, 0.25) is 0 Å². The van der Waals surface area contributed by atoms with Crippen LogP contribution in [0.5, 0.6) is 11.5 Å². The first kappa shape index (κ1) is 35.9. The van der Waals surface area contributed by atoms with Crippen LogP contribution in [-0.2, 0) is 0 Å². The molecule has 2 saturated carbocycles. The third-order valence-electron chi connectivity index (χ3n) is 9.92. The van der Waals surface area contributed by atoms with E-state index in [1.165, 1.54) is 25.7 Å². The number of hydrogen-bond donors (Lipinski definition) is 0. The van der Waals surface area contributed by atoms with Gasteiger partial charge in [0.25, 0.3) is 0 Å². The predicted molar refractivity (Wildman–Crippen MR) is 164 cm³/mol. The lowest BCUT2D eigenvalue weighted by Gasteiger charge is -2.34. The van der Waals surface area contributed by atoms with E-state index in [0.29, 0.717) is 42.5 Å². The van der Waals surface area contributed by atoms with E-state index in [1.807, 2.05) is 6.07 Å². The molecule has 0 spiro atoms. The second kappa shape index (κ2) is 15.0. The van der Waals surface area contributed by atoms with E-state index < -0.39 is 58.5 Å². The van der Waals surface area contributed by atoms with Crippen molar-refractivity contribution >= 4 is 0 Å². The molecule has 5 rings (SSSR count). The Balaban J connectivity index is 1.16. The van der Waals surface area contributed by atoms with Gasteiger partial charge in [-0.1, -0.05) is 44.7 Å². The van der Waals surface area contributed by atoms with Gasteiger partial charge < -0.3 is 9.47 Å². The summed E-state index contributed by atoms with van der Waals surface area (Å²) in [7, 11) is 0. The number of hydrogen-bond acceptors (Lipinski definition) is 2. The molecule has 0 bridgehead atoms. The number of halogens is 9. The molecule has 0 amide bonds. The summed E-state index contributed by atoms with van der Waals surface area (Å²) >= 11 is 0. The highest BCUT2D eigenvalue weighted by Crippen LogP contribution is 2.45. The van der Waals surface area contributed by atoms with E-state index in [9.17, 15) is 26.3 Å². The van der Waals surface area contributed by atoms with Crippen LogP contribution in [0, 0.1) is 35.1 Å². The molecule has 2 fully saturated rings. The number of benzene rings is 3. The van der Waals surface area contributed by atoms with Gasteiger partial charge in [0.1, 0.15) is 17.4 Å². The number of ether oxygens (including phenoxy) is 2. The molecule has 2 aliphatic rings. The maximum absolute atomic E-state index is 15.3. The maximum Gasteiger partial charge on any atom is 0.573 e. The average Bonchev–Trinajstić information content (AvgIpc) is 3.03. The molecule has 2 aliphatic carbocycles. The number of unbranched alkanes of at least 4 members (excludes halogenated alkanes) is 2. The van der Waals surface area contributed by atoms with Gasteiger partial charge in [0.15, 0.2) is 11.6 Å². The summed E-state index contributed by atoms with van der Waals surface area (Å²) in [4.78, 5) is 0. The monoisotopic (exact) mass is 686 g/mol. The fraction of sp³-hybridized carbons (Fsp3) is 0.514. The topological polar surface area (TPSA) is 18.5 Å². The Kier molecular flexibility index (Phi) is 11.2. The van der Waals surface area contributed by atoms with Gasteiger partial charge in [0, 0.05) is 11.6 Å². The molecule has 0 radical (unpaired) electrons. The average molecular weight is 687 g/mol. The van der Waals surface area contributed by atoms with Gasteiger partial charge in [-0.2, -0.15) is 8.78 Å². The first-order chi connectivity index (χ1) is 22.7. The van der Waals surface area contributed by atoms with Crippen molar-refractivity contribution in [1.82, 2.24) is 0 Å². The Morgan fingerprint density at radius 1 is 0.646 bits per heavy atom. The lowest BCUT2D eigenvalue weighted by Crippen LogP contribution is -2.37. The molecule has 262 valence electrons. The van der Waals surface area contributed by atoms with Gasteiger partial charge in [-0.05, 0) is 116 Å². The van der Waals surface area contributed by atoms with Crippen molar-refractivity contribution in [2.75, 3.05) is 0 Å². The van der Waals surface area contributed by atoms with Crippen LogP contribution in [0.1, 0.15) is 107 Å². The van der Waals surface area contributed by atoms with Crippen LogP contribution < -0.4 is 9.47 Å². The van der Waals surface area contributed by atoms with Crippen LogP contribution in [0.3, 0.4) is 0 Å². The summed E-state index contributed by atoms with van der Waals surface area (Å²) in [6, 6.07) is 8.80. The lowest BCUT2D eigenvalue weighted by atomic mass is 9.75. The van der Waals surface area contributed by atoms with Gasteiger partial charge in [0.2, 0.25) is 5.75 Å². The molecule has 0 heterocycles. The zero-order valence-electron chi connectivity index (χ0n) is 26.6. The summed E-state index contributed by atoms with van der Waals surface area (Å²) in [6.45, 7) is 2.20. The van der Waals surface area contributed by atoms with E-state index in [4.69, 9.17) is 4.74 Å². The molecular formula is C37H39F9O2. The fourth-order valence-corrected chi connectivity index (χ4v) is 7.30. The van der Waals surface area contributed by atoms with Crippen LogP contribution in [-0.4, -0.2) is 12.5 Å². The van der Waals surface area contributed by atoms with E-state index in [1.54, 1.807) is 12.1 Å². The maximum atomic E-state index is 15.3. The molecule has 0 N–H and O–H groups in total. The zero-order valence-corrected chi connectivity index (χ0v) is 26.6. The van der Waals surface area contributed by atoms with E-state index in [-0.39, 0.29) is 24.6 Å². The van der Waals surface area contributed by atoms with Gasteiger partial charge in [-0.3, -0.25) is 0 Å². The predicted octanol–water partition coefficient (Wildman–Crippen LogP) is 12.6. The van der Waals surface area contributed by atoms with Gasteiger partial charge in [-0.25, -0.2) is 17.6 Å². The minimum absolute atomic E-state index is 0.0480. The Morgan fingerprint density at radius 2 is 1.29 bits per heavy atom. The number of alkyl halides is 5. The SMILES string of the molecule is CCCCCC1CCC(c2ccc(C3CCC(C(F)(F)Oc4ccc(-c5cc(F)c(OC(F)(F)F)c(F)c5)c(F)c4)CC3)c(F)c2)CC1. The molecule has 48 heavy (non-hydrogen) atoms. The lowest BCUT2D eigenvalue weighted by molar-refractivity contribution is -0.276. The zero-order chi connectivity index (χ0) is 34.6. The largest absolute Gasteiger partial charge is 0.573 e. The summed E-state index contributed by atoms with van der Waals surface area (Å²) in [6.07, 6.45) is 1.11. The van der Waals surface area contributed by atoms with Gasteiger partial charge in [0.05, 0.1) is 5.92 Å². The number of rotatable bonds is 11. The Hall–Kier alpha value is -3.37. The molecule has 2 nitrogen and oxygen atoms in total. The molecule has 0 unspecified atom stereocenters. The van der Waals surface area contributed by atoms with Crippen molar-refractivity contribution in [3.63, 3.8) is 0 Å². The van der Waals surface area contributed by atoms with Crippen LogP contribution in [0.25, 0.3) is 11.1 Å². The second-order valence-corrected chi connectivity index (χ2v) is 13.2. The molecule has 0 aliphatic heterocycles. The molecular weight excluding hydrogens is 647 g/mol. The molecule has 0 atom stereocenters. The standard InChI is InChI=1S/C37H39F9O2/c1-2-3-4-5-22-6-8-23(9-7-22)25-12-16-29(31(38)18-25)24-10-13-27(14-11-24)36(42,43)47-28-15-17-30(32(39)21-28)26-19-33(40)35(34(41)20-26)48-37(44,45)46/h12,15-24,27H,2-11,13-14H2,1H3. The summed E-state index contributed by atoms with van der Waals surface area (Å²) in [5.74, 6) is -7.53. The van der Waals surface area contributed by atoms with Gasteiger partial charge >= 0.3 is 12.5 Å². The normalized spacial score (nSPS) is 22.0. The van der Waals surface area contributed by atoms with Crippen LogP contribution >= 0.6 is 0 Å². The van der Waals surface area contributed by atoms with Crippen molar-refractivity contribution in [2.45, 2.75) is 108 Å². The third-order valence-corrected chi connectivity index (χ3v) is 9.92. The van der Waals surface area contributed by atoms with Crippen LogP contribution in [0.15, 0.2) is 48.5 Å². The minimum atomic E-state index is -5.36. The van der Waals surface area contributed by atoms with Crippen molar-refractivity contribution in [3.8, 4) is 22.6 Å². The summed E-state index contributed by atoms with van der Waals surface area (Å²) in [5.41, 5.74) is 0.598. The van der Waals surface area contributed by atoms with Crippen LogP contribution in [0.4, 0.5) is 39.5 Å². The second-order valence-electron chi connectivity index (χ2n) is 13.2. The minimum Gasteiger partial charge on any atom is -0.432 e. The molecule has 11 heteroatoms. The first-order valence-corrected chi connectivity index (χ1v) is 16.6. The van der Waals surface area contributed by atoms with Gasteiger partial charge in [-0.15, -0.1) is 13.2 Å². The van der Waals surface area contributed by atoms with Crippen molar-refractivity contribution in [2.24, 2.45) is 11.8 Å². The third kappa shape index (κ3) is 8.80. The smallest absolute Gasteiger partial charge is 0.432 e. The molecule has 3 aromatic rings. The van der Waals surface area contributed by atoms with Crippen molar-refractivity contribution < 1.29 is 49.0 Å². The van der Waals surface area contributed by atoms with E-state index in [0.717, 1.165) is 49.3 Å². The van der Waals surface area contributed by atoms with E-state index in [2.05, 4.69) is 11.7 Å². The quantitative estimate of drug-likeness (QED) is 0.148. The van der Waals surface area contributed by atoms with Crippen molar-refractivity contribution in [1.29, 1.82) is 0 Å². The highest BCUT2D eigenvalue weighted by atomic mass is 19.4. The summed E-state index contributed by atoms with van der Waals surface area (Å²) < 4.78 is 134. The Morgan fingerprint density at radius 3 is 1.88 bits per heavy atom. The highest BCUT2D eigenvalue weighted by molar-refractivity contribution is 5.66.